The predicted octanol–water partition coefficient (Wildman–Crippen LogP) is 3.76. The van der Waals surface area contributed by atoms with Crippen molar-refractivity contribution in [1.82, 2.24) is 19.6 Å². The molecule has 0 aliphatic heterocycles. The molecule has 0 saturated carbocycles. The Morgan fingerprint density at radius 3 is 2.41 bits per heavy atom. The van der Waals surface area contributed by atoms with Gasteiger partial charge in [0.25, 0.3) is 10.0 Å². The summed E-state index contributed by atoms with van der Waals surface area (Å²) in [5, 5.41) is 8.56. The SMILES string of the molecule is CCN(c1nc2ccccc2n2c(C(C)C)nnc12)S(=O)(=O)c1ccc(F)cc1. The maximum absolute atomic E-state index is 13.3. The van der Waals surface area contributed by atoms with Crippen LogP contribution in [0.1, 0.15) is 32.5 Å². The monoisotopic (exact) mass is 413 g/mol. The molecule has 4 rings (SSSR count). The second kappa shape index (κ2) is 7.07. The van der Waals surface area contributed by atoms with E-state index in [1.54, 1.807) is 6.92 Å². The van der Waals surface area contributed by atoms with Gasteiger partial charge in [-0.2, -0.15) is 0 Å². The number of hydrogen-bond acceptors (Lipinski definition) is 5. The maximum Gasteiger partial charge on any atom is 0.265 e. The zero-order valence-corrected chi connectivity index (χ0v) is 17.1. The Bertz CT molecular complexity index is 1300. The standard InChI is InChI=1S/C20H20FN5O2S/c1-4-25(29(27,28)15-11-9-14(21)10-12-15)19-20-24-23-18(13(2)3)26(20)17-8-6-5-7-16(17)22-19/h5-13H,4H2,1-3H3. The minimum atomic E-state index is -3.97. The first-order valence-corrected chi connectivity index (χ1v) is 10.7. The molecule has 0 aliphatic rings. The van der Waals surface area contributed by atoms with Gasteiger partial charge >= 0.3 is 0 Å². The molecule has 0 spiro atoms. The molecule has 7 nitrogen and oxygen atoms in total. The van der Waals surface area contributed by atoms with Crippen LogP contribution in [0.2, 0.25) is 0 Å². The lowest BCUT2D eigenvalue weighted by Crippen LogP contribution is -2.32. The predicted molar refractivity (Wildman–Crippen MR) is 109 cm³/mol. The van der Waals surface area contributed by atoms with Gasteiger partial charge in [-0.15, -0.1) is 10.2 Å². The summed E-state index contributed by atoms with van der Waals surface area (Å²) < 4.78 is 42.9. The second-order valence-electron chi connectivity index (χ2n) is 6.92. The third-order valence-electron chi connectivity index (χ3n) is 4.68. The fraction of sp³-hybridized carbons (Fsp3) is 0.250. The van der Waals surface area contributed by atoms with Crippen molar-refractivity contribution in [3.05, 3.63) is 60.2 Å². The van der Waals surface area contributed by atoms with E-state index in [0.717, 1.165) is 23.5 Å². The lowest BCUT2D eigenvalue weighted by Gasteiger charge is -2.23. The number of benzene rings is 2. The lowest BCUT2D eigenvalue weighted by atomic mass is 10.2. The van der Waals surface area contributed by atoms with Crippen molar-refractivity contribution in [3.63, 3.8) is 0 Å². The van der Waals surface area contributed by atoms with E-state index in [1.165, 1.54) is 16.4 Å². The third kappa shape index (κ3) is 3.11. The highest BCUT2D eigenvalue weighted by Crippen LogP contribution is 2.30. The quantitative estimate of drug-likeness (QED) is 0.498. The summed E-state index contributed by atoms with van der Waals surface area (Å²) in [4.78, 5) is 4.59. The average Bonchev–Trinajstić information content (AvgIpc) is 3.15. The van der Waals surface area contributed by atoms with E-state index < -0.39 is 15.8 Å². The average molecular weight is 413 g/mol. The van der Waals surface area contributed by atoms with Crippen LogP contribution in [0.4, 0.5) is 10.2 Å². The summed E-state index contributed by atoms with van der Waals surface area (Å²) >= 11 is 0. The number of hydrogen-bond donors (Lipinski definition) is 0. The maximum atomic E-state index is 13.3. The van der Waals surface area contributed by atoms with Gasteiger partial charge in [0.15, 0.2) is 5.82 Å². The molecule has 150 valence electrons. The van der Waals surface area contributed by atoms with Gasteiger partial charge in [-0.1, -0.05) is 26.0 Å². The largest absolute Gasteiger partial charge is 0.274 e. The van der Waals surface area contributed by atoms with E-state index in [1.807, 2.05) is 42.5 Å². The number of para-hydroxylation sites is 2. The number of anilines is 1. The van der Waals surface area contributed by atoms with Gasteiger partial charge in [-0.25, -0.2) is 22.1 Å². The van der Waals surface area contributed by atoms with Crippen LogP contribution in [0.5, 0.6) is 0 Å². The van der Waals surface area contributed by atoms with Crippen LogP contribution in [0.15, 0.2) is 53.4 Å². The summed E-state index contributed by atoms with van der Waals surface area (Å²) in [6.07, 6.45) is 0. The van der Waals surface area contributed by atoms with E-state index in [0.29, 0.717) is 11.2 Å². The third-order valence-corrected chi connectivity index (χ3v) is 6.56. The molecule has 2 aromatic carbocycles. The second-order valence-corrected chi connectivity index (χ2v) is 8.78. The van der Waals surface area contributed by atoms with Crippen molar-refractivity contribution in [2.45, 2.75) is 31.6 Å². The van der Waals surface area contributed by atoms with E-state index in [4.69, 9.17) is 0 Å². The fourth-order valence-corrected chi connectivity index (χ4v) is 4.72. The Morgan fingerprint density at radius 2 is 1.76 bits per heavy atom. The number of halogens is 1. The number of rotatable bonds is 5. The Balaban J connectivity index is 2.01. The number of aromatic nitrogens is 4. The zero-order valence-electron chi connectivity index (χ0n) is 16.2. The number of nitrogens with zero attached hydrogens (tertiary/aromatic N) is 5. The van der Waals surface area contributed by atoms with Crippen molar-refractivity contribution in [3.8, 4) is 0 Å². The van der Waals surface area contributed by atoms with Crippen LogP contribution in [0, 0.1) is 5.82 Å². The topological polar surface area (TPSA) is 80.5 Å². The van der Waals surface area contributed by atoms with Gasteiger partial charge in [0, 0.05) is 12.5 Å². The van der Waals surface area contributed by atoms with Gasteiger partial charge < -0.3 is 0 Å². The van der Waals surface area contributed by atoms with Crippen LogP contribution in [-0.2, 0) is 10.0 Å². The van der Waals surface area contributed by atoms with Gasteiger partial charge in [0.1, 0.15) is 11.6 Å². The Morgan fingerprint density at radius 1 is 1.07 bits per heavy atom. The molecule has 9 heteroatoms. The van der Waals surface area contributed by atoms with Gasteiger partial charge in [0.05, 0.1) is 15.9 Å². The summed E-state index contributed by atoms with van der Waals surface area (Å²) in [5.41, 5.74) is 1.79. The summed E-state index contributed by atoms with van der Waals surface area (Å²) in [6.45, 7) is 5.84. The molecule has 0 saturated heterocycles. The van der Waals surface area contributed by atoms with Crippen molar-refractivity contribution in [2.75, 3.05) is 10.8 Å². The van der Waals surface area contributed by atoms with Crippen LogP contribution in [0.3, 0.4) is 0 Å². The van der Waals surface area contributed by atoms with Crippen molar-refractivity contribution in [1.29, 1.82) is 0 Å². The van der Waals surface area contributed by atoms with E-state index in [-0.39, 0.29) is 23.2 Å². The summed E-state index contributed by atoms with van der Waals surface area (Å²) in [7, 11) is -3.97. The molecule has 2 aromatic heterocycles. The van der Waals surface area contributed by atoms with Crippen molar-refractivity contribution < 1.29 is 12.8 Å². The highest BCUT2D eigenvalue weighted by atomic mass is 32.2. The van der Waals surface area contributed by atoms with Crippen LogP contribution < -0.4 is 4.31 Å². The summed E-state index contributed by atoms with van der Waals surface area (Å²) in [6, 6.07) is 12.2. The molecule has 0 N–H and O–H groups in total. The molecule has 0 bridgehead atoms. The van der Waals surface area contributed by atoms with Gasteiger partial charge in [-0.05, 0) is 43.3 Å². The lowest BCUT2D eigenvalue weighted by molar-refractivity contribution is 0.590. The fourth-order valence-electron chi connectivity index (χ4n) is 3.30. The molecule has 0 atom stereocenters. The summed E-state index contributed by atoms with van der Waals surface area (Å²) in [5.74, 6) is 0.481. The van der Waals surface area contributed by atoms with E-state index in [2.05, 4.69) is 15.2 Å². The van der Waals surface area contributed by atoms with Crippen LogP contribution >= 0.6 is 0 Å². The van der Waals surface area contributed by atoms with Gasteiger partial charge in [0.2, 0.25) is 5.65 Å². The first-order chi connectivity index (χ1) is 13.8. The smallest absolute Gasteiger partial charge is 0.265 e. The molecular formula is C20H20FN5O2S. The molecule has 0 aliphatic carbocycles. The minimum Gasteiger partial charge on any atom is -0.274 e. The van der Waals surface area contributed by atoms with E-state index in [9.17, 15) is 12.8 Å². The zero-order chi connectivity index (χ0) is 20.8. The first-order valence-electron chi connectivity index (χ1n) is 9.26. The highest BCUT2D eigenvalue weighted by Gasteiger charge is 2.29. The number of fused-ring (bicyclic) bond motifs is 3. The van der Waals surface area contributed by atoms with Crippen molar-refractivity contribution >= 4 is 32.5 Å². The number of sulfonamides is 1. The van der Waals surface area contributed by atoms with Crippen LogP contribution in [-0.4, -0.2) is 34.5 Å². The molecule has 2 heterocycles. The van der Waals surface area contributed by atoms with Crippen molar-refractivity contribution in [2.24, 2.45) is 0 Å². The Hall–Kier alpha value is -3.07. The first kappa shape index (κ1) is 19.3. The Labute approximate surface area is 167 Å². The van der Waals surface area contributed by atoms with Gasteiger partial charge in [-0.3, -0.25) is 4.40 Å². The molecule has 4 aromatic rings. The molecule has 0 unspecified atom stereocenters. The minimum absolute atomic E-state index is 0.0162. The molecule has 0 fully saturated rings. The molecule has 0 amide bonds. The molecule has 0 radical (unpaired) electrons. The van der Waals surface area contributed by atoms with E-state index >= 15 is 0 Å². The Kier molecular flexibility index (Phi) is 4.70. The normalized spacial score (nSPS) is 12.2. The highest BCUT2D eigenvalue weighted by molar-refractivity contribution is 7.92. The molecular weight excluding hydrogens is 393 g/mol. The molecule has 29 heavy (non-hydrogen) atoms. The van der Waals surface area contributed by atoms with Crippen LogP contribution in [0.25, 0.3) is 16.7 Å².